The number of alkyl halides is 2. The Morgan fingerprint density at radius 2 is 2.05 bits per heavy atom. The van der Waals surface area contributed by atoms with Crippen LogP contribution < -0.4 is 9.64 Å². The fourth-order valence-electron chi connectivity index (χ4n) is 6.37. The van der Waals surface area contributed by atoms with Crippen LogP contribution in [0.1, 0.15) is 66.9 Å². The number of nitrogens with zero attached hydrogens (tertiary/aromatic N) is 1. The summed E-state index contributed by atoms with van der Waals surface area (Å²) in [5.41, 5.74) is 0.969. The number of hydrogen-bond acceptors (Lipinski definition) is 5. The van der Waals surface area contributed by atoms with Crippen LogP contribution in [-0.2, 0) is 16.1 Å². The SMILES string of the molecule is CCC/C=C/C(O)[C@@H]1CC[C@H]1CN1C[C@@]2(CCC(F)(F)c3cc(Cl)ccc32)COc2ccc(C(=O)OC)cc21. The number of rotatable bonds is 7. The van der Waals surface area contributed by atoms with Crippen molar-refractivity contribution in [3.8, 4) is 5.75 Å². The van der Waals surface area contributed by atoms with E-state index >= 15 is 8.78 Å². The number of allylic oxidation sites excluding steroid dienone is 1. The summed E-state index contributed by atoms with van der Waals surface area (Å²) in [5.74, 6) is -2.49. The van der Waals surface area contributed by atoms with Crippen molar-refractivity contribution in [2.45, 2.75) is 62.9 Å². The number of carbonyl (C=O) groups excluding carboxylic acids is 1. The number of ether oxygens (including phenoxy) is 2. The van der Waals surface area contributed by atoms with Gasteiger partial charge in [-0.1, -0.05) is 43.2 Å². The highest BCUT2D eigenvalue weighted by molar-refractivity contribution is 6.30. The van der Waals surface area contributed by atoms with Crippen LogP contribution >= 0.6 is 11.6 Å². The Bertz CT molecular complexity index is 1250. The second-order valence-electron chi connectivity index (χ2n) is 11.2. The third kappa shape index (κ3) is 5.40. The van der Waals surface area contributed by atoms with Crippen LogP contribution in [-0.4, -0.2) is 44.0 Å². The number of methoxy groups -OCH3 is 1. The Hall–Kier alpha value is -2.64. The Balaban J connectivity index is 1.52. The van der Waals surface area contributed by atoms with Crippen LogP contribution in [0.4, 0.5) is 14.5 Å². The number of benzene rings is 2. The second-order valence-corrected chi connectivity index (χ2v) is 11.7. The minimum Gasteiger partial charge on any atom is -0.490 e. The topological polar surface area (TPSA) is 59.0 Å². The molecule has 0 saturated heterocycles. The zero-order valence-corrected chi connectivity index (χ0v) is 23.2. The molecule has 39 heavy (non-hydrogen) atoms. The lowest BCUT2D eigenvalue weighted by Crippen LogP contribution is -2.50. The molecule has 0 aromatic heterocycles. The van der Waals surface area contributed by atoms with Crippen molar-refractivity contribution >= 4 is 23.3 Å². The number of unbranched alkanes of at least 4 members (excludes halogenated alkanes) is 1. The summed E-state index contributed by atoms with van der Waals surface area (Å²) < 4.78 is 41.5. The maximum absolute atomic E-state index is 15.1. The molecule has 3 aliphatic rings. The summed E-state index contributed by atoms with van der Waals surface area (Å²) in [6, 6.07) is 9.97. The molecule has 2 aromatic carbocycles. The maximum Gasteiger partial charge on any atom is 0.337 e. The van der Waals surface area contributed by atoms with E-state index in [1.165, 1.54) is 13.2 Å². The van der Waals surface area contributed by atoms with Gasteiger partial charge >= 0.3 is 5.97 Å². The van der Waals surface area contributed by atoms with Gasteiger partial charge in [0.1, 0.15) is 5.75 Å². The molecule has 4 atom stereocenters. The minimum absolute atomic E-state index is 0.0380. The average molecular weight is 560 g/mol. The molecule has 0 bridgehead atoms. The molecule has 2 aliphatic carbocycles. The van der Waals surface area contributed by atoms with E-state index in [-0.39, 0.29) is 41.9 Å². The first-order valence-electron chi connectivity index (χ1n) is 13.8. The van der Waals surface area contributed by atoms with Crippen molar-refractivity contribution in [3.63, 3.8) is 0 Å². The van der Waals surface area contributed by atoms with Crippen LogP contribution in [0.15, 0.2) is 48.6 Å². The number of aliphatic hydroxyl groups excluding tert-OH is 1. The average Bonchev–Trinajstić information content (AvgIpc) is 3.06. The van der Waals surface area contributed by atoms with E-state index in [2.05, 4.69) is 11.8 Å². The number of fused-ring (bicyclic) bond motifs is 3. The molecule has 1 heterocycles. The first-order chi connectivity index (χ1) is 18.7. The molecule has 5 rings (SSSR count). The summed E-state index contributed by atoms with van der Waals surface area (Å²) in [5, 5.41) is 11.1. The lowest BCUT2D eigenvalue weighted by Gasteiger charge is -2.46. The third-order valence-electron chi connectivity index (χ3n) is 8.74. The van der Waals surface area contributed by atoms with E-state index in [0.29, 0.717) is 30.0 Å². The van der Waals surface area contributed by atoms with Gasteiger partial charge < -0.3 is 19.5 Å². The predicted molar refractivity (Wildman–Crippen MR) is 148 cm³/mol. The van der Waals surface area contributed by atoms with Crippen LogP contribution in [0.3, 0.4) is 0 Å². The van der Waals surface area contributed by atoms with Crippen molar-refractivity contribution in [3.05, 3.63) is 70.3 Å². The highest BCUT2D eigenvalue weighted by Gasteiger charge is 2.51. The van der Waals surface area contributed by atoms with E-state index in [4.69, 9.17) is 21.1 Å². The largest absolute Gasteiger partial charge is 0.490 e. The molecule has 1 spiro atoms. The van der Waals surface area contributed by atoms with Gasteiger partial charge in [0, 0.05) is 35.5 Å². The van der Waals surface area contributed by atoms with Crippen molar-refractivity contribution in [1.82, 2.24) is 0 Å². The summed E-state index contributed by atoms with van der Waals surface area (Å²) in [6.07, 6.45) is 7.22. The predicted octanol–water partition coefficient (Wildman–Crippen LogP) is 6.89. The van der Waals surface area contributed by atoms with Crippen LogP contribution in [0.25, 0.3) is 0 Å². The summed E-state index contributed by atoms with van der Waals surface area (Å²) >= 11 is 6.16. The number of aliphatic hydroxyl groups is 1. The highest BCUT2D eigenvalue weighted by Crippen LogP contribution is 2.52. The fourth-order valence-corrected chi connectivity index (χ4v) is 6.54. The van der Waals surface area contributed by atoms with E-state index in [1.807, 2.05) is 12.2 Å². The number of anilines is 1. The molecule has 1 unspecified atom stereocenters. The lowest BCUT2D eigenvalue weighted by molar-refractivity contribution is -0.0361. The first-order valence-corrected chi connectivity index (χ1v) is 14.2. The molecule has 210 valence electrons. The Morgan fingerprint density at radius 1 is 1.23 bits per heavy atom. The molecule has 1 N–H and O–H groups in total. The Morgan fingerprint density at radius 3 is 2.77 bits per heavy atom. The monoisotopic (exact) mass is 559 g/mol. The third-order valence-corrected chi connectivity index (χ3v) is 8.98. The van der Waals surface area contributed by atoms with Gasteiger partial charge in [-0.2, -0.15) is 0 Å². The lowest BCUT2D eigenvalue weighted by atomic mass is 9.67. The van der Waals surface area contributed by atoms with Crippen molar-refractivity contribution in [2.24, 2.45) is 11.8 Å². The highest BCUT2D eigenvalue weighted by atomic mass is 35.5. The van der Waals surface area contributed by atoms with Gasteiger partial charge in [-0.25, -0.2) is 13.6 Å². The zero-order valence-electron chi connectivity index (χ0n) is 22.5. The van der Waals surface area contributed by atoms with E-state index < -0.39 is 23.4 Å². The number of esters is 1. The van der Waals surface area contributed by atoms with Gasteiger partial charge in [-0.15, -0.1) is 0 Å². The number of carbonyl (C=O) groups is 1. The molecular weight excluding hydrogens is 524 g/mol. The summed E-state index contributed by atoms with van der Waals surface area (Å²) in [6.45, 7) is 3.40. The molecule has 8 heteroatoms. The van der Waals surface area contributed by atoms with Crippen LogP contribution in [0.2, 0.25) is 5.02 Å². The van der Waals surface area contributed by atoms with Crippen molar-refractivity contribution < 1.29 is 28.2 Å². The number of halogens is 3. The Kier molecular flexibility index (Phi) is 7.93. The smallest absolute Gasteiger partial charge is 0.337 e. The van der Waals surface area contributed by atoms with Crippen molar-refractivity contribution in [1.29, 1.82) is 0 Å². The van der Waals surface area contributed by atoms with Gasteiger partial charge in [-0.3, -0.25) is 0 Å². The van der Waals surface area contributed by atoms with Crippen molar-refractivity contribution in [2.75, 3.05) is 31.7 Å². The van der Waals surface area contributed by atoms with E-state index in [1.54, 1.807) is 30.3 Å². The molecule has 1 aliphatic heterocycles. The summed E-state index contributed by atoms with van der Waals surface area (Å²) in [7, 11) is 1.34. The molecule has 0 amide bonds. The van der Waals surface area contributed by atoms with Crippen LogP contribution in [0, 0.1) is 11.8 Å². The second kappa shape index (κ2) is 11.1. The molecule has 2 aromatic rings. The summed E-state index contributed by atoms with van der Waals surface area (Å²) in [4.78, 5) is 14.6. The minimum atomic E-state index is -2.97. The zero-order chi connectivity index (χ0) is 27.8. The maximum atomic E-state index is 15.1. The van der Waals surface area contributed by atoms with Gasteiger partial charge in [-0.05, 0) is 73.4 Å². The van der Waals surface area contributed by atoms with Gasteiger partial charge in [0.05, 0.1) is 31.1 Å². The Labute approximate surface area is 233 Å². The molecule has 1 saturated carbocycles. The van der Waals surface area contributed by atoms with E-state index in [9.17, 15) is 9.90 Å². The molecule has 0 radical (unpaired) electrons. The number of hydrogen-bond donors (Lipinski definition) is 1. The standard InChI is InChI=1S/C31H36ClF2NO4/c1-3-4-5-6-27(36)23-10-7-21(23)17-35-18-30(13-14-31(33,34)25-16-22(32)9-11-24(25)30)19-39-28-12-8-20(15-26(28)35)29(37)38-2/h5-6,8-9,11-12,15-16,21,23,27,36H,3-4,7,10,13-14,17-19H2,1-2H3/b6-5+/t21-,23+,27?,30-/m0/s1. The first kappa shape index (κ1) is 27.9. The van der Waals surface area contributed by atoms with Gasteiger partial charge in [0.25, 0.3) is 5.92 Å². The van der Waals surface area contributed by atoms with Gasteiger partial charge in [0.2, 0.25) is 0 Å². The molecular formula is C31H36ClF2NO4. The van der Waals surface area contributed by atoms with E-state index in [0.717, 1.165) is 31.4 Å². The normalized spacial score (nSPS) is 26.3. The quantitative estimate of drug-likeness (QED) is 0.295. The molecule has 1 fully saturated rings. The van der Waals surface area contributed by atoms with Crippen LogP contribution in [0.5, 0.6) is 5.75 Å². The van der Waals surface area contributed by atoms with Gasteiger partial charge in [0.15, 0.2) is 0 Å². The molecule has 5 nitrogen and oxygen atoms in total. The fraction of sp³-hybridized carbons (Fsp3) is 0.516.